The molecule has 0 atom stereocenters. The fraction of sp³-hybridized carbons (Fsp3) is 0.350. The van der Waals surface area contributed by atoms with Gasteiger partial charge >= 0.3 is 0 Å². The first-order valence-corrected chi connectivity index (χ1v) is 9.22. The highest BCUT2D eigenvalue weighted by molar-refractivity contribution is 5.95. The fourth-order valence-electron chi connectivity index (χ4n) is 2.97. The SMILES string of the molecule is O=C(NCCCOc1ccccc1)c1ccc(N2CCOCC2)c([N+](=O)[O-])c1. The lowest BCUT2D eigenvalue weighted by Gasteiger charge is -2.28. The van der Waals surface area contributed by atoms with Crippen molar-refractivity contribution in [2.45, 2.75) is 6.42 Å². The van der Waals surface area contributed by atoms with Crippen LogP contribution in [0.4, 0.5) is 11.4 Å². The number of anilines is 1. The first-order chi connectivity index (χ1) is 13.6. The Kier molecular flexibility index (Phi) is 6.80. The van der Waals surface area contributed by atoms with Crippen LogP contribution in [0.2, 0.25) is 0 Å². The summed E-state index contributed by atoms with van der Waals surface area (Å²) in [4.78, 5) is 25.3. The highest BCUT2D eigenvalue weighted by atomic mass is 16.6. The van der Waals surface area contributed by atoms with Crippen LogP contribution in [0.5, 0.6) is 5.75 Å². The molecule has 0 saturated carbocycles. The number of morpholine rings is 1. The van der Waals surface area contributed by atoms with E-state index < -0.39 is 4.92 Å². The van der Waals surface area contributed by atoms with E-state index in [0.29, 0.717) is 51.6 Å². The highest BCUT2D eigenvalue weighted by Gasteiger charge is 2.23. The molecule has 8 heteroatoms. The molecule has 0 unspecified atom stereocenters. The minimum absolute atomic E-state index is 0.0676. The Morgan fingerprint density at radius 2 is 1.93 bits per heavy atom. The number of benzene rings is 2. The summed E-state index contributed by atoms with van der Waals surface area (Å²) in [5.41, 5.74) is 0.718. The molecular weight excluding hydrogens is 362 g/mol. The Hall–Kier alpha value is -3.13. The van der Waals surface area contributed by atoms with E-state index in [1.807, 2.05) is 35.2 Å². The molecule has 8 nitrogen and oxygen atoms in total. The summed E-state index contributed by atoms with van der Waals surface area (Å²) >= 11 is 0. The molecule has 1 fully saturated rings. The lowest BCUT2D eigenvalue weighted by molar-refractivity contribution is -0.384. The van der Waals surface area contributed by atoms with Gasteiger partial charge in [-0.25, -0.2) is 0 Å². The predicted octanol–water partition coefficient (Wildman–Crippen LogP) is 2.63. The van der Waals surface area contributed by atoms with Gasteiger partial charge in [0.05, 0.1) is 24.7 Å². The molecule has 0 spiro atoms. The molecule has 1 saturated heterocycles. The second kappa shape index (κ2) is 9.70. The number of nitrogens with one attached hydrogen (secondary N) is 1. The Morgan fingerprint density at radius 1 is 1.18 bits per heavy atom. The molecule has 1 heterocycles. The van der Waals surface area contributed by atoms with Gasteiger partial charge < -0.3 is 19.7 Å². The fourth-order valence-corrected chi connectivity index (χ4v) is 2.97. The maximum Gasteiger partial charge on any atom is 0.293 e. The Labute approximate surface area is 163 Å². The van der Waals surface area contributed by atoms with Gasteiger partial charge in [-0.1, -0.05) is 18.2 Å². The number of carbonyl (C=O) groups excluding carboxylic acids is 1. The zero-order valence-corrected chi connectivity index (χ0v) is 15.5. The summed E-state index contributed by atoms with van der Waals surface area (Å²) in [5, 5.41) is 14.2. The number of rotatable bonds is 8. The van der Waals surface area contributed by atoms with Crippen LogP contribution in [0.3, 0.4) is 0 Å². The second-order valence-electron chi connectivity index (χ2n) is 6.33. The number of amides is 1. The van der Waals surface area contributed by atoms with Crippen LogP contribution in [0.25, 0.3) is 0 Å². The van der Waals surface area contributed by atoms with Crippen LogP contribution >= 0.6 is 0 Å². The zero-order chi connectivity index (χ0) is 19.8. The van der Waals surface area contributed by atoms with Crippen molar-refractivity contribution in [3.63, 3.8) is 0 Å². The van der Waals surface area contributed by atoms with Crippen LogP contribution in [0.1, 0.15) is 16.8 Å². The summed E-state index contributed by atoms with van der Waals surface area (Å²) in [5.74, 6) is 0.444. The third kappa shape index (κ3) is 5.20. The molecule has 0 bridgehead atoms. The maximum atomic E-state index is 12.3. The van der Waals surface area contributed by atoms with Crippen LogP contribution in [0, 0.1) is 10.1 Å². The van der Waals surface area contributed by atoms with Crippen molar-refractivity contribution in [1.29, 1.82) is 0 Å². The van der Waals surface area contributed by atoms with Gasteiger partial charge in [0.15, 0.2) is 0 Å². The number of hydrogen-bond donors (Lipinski definition) is 1. The molecule has 0 radical (unpaired) electrons. The minimum atomic E-state index is -0.449. The monoisotopic (exact) mass is 385 g/mol. The molecular formula is C20H23N3O5. The van der Waals surface area contributed by atoms with Gasteiger partial charge in [-0.05, 0) is 30.7 Å². The minimum Gasteiger partial charge on any atom is -0.494 e. The van der Waals surface area contributed by atoms with Crippen LogP contribution in [0.15, 0.2) is 48.5 Å². The molecule has 1 N–H and O–H groups in total. The van der Waals surface area contributed by atoms with E-state index in [2.05, 4.69) is 5.32 Å². The summed E-state index contributed by atoms with van der Waals surface area (Å²) in [6, 6.07) is 14.0. The normalized spacial score (nSPS) is 13.8. The van der Waals surface area contributed by atoms with Crippen LogP contribution in [-0.4, -0.2) is 50.3 Å². The van der Waals surface area contributed by atoms with E-state index in [9.17, 15) is 14.9 Å². The maximum absolute atomic E-state index is 12.3. The average Bonchev–Trinajstić information content (AvgIpc) is 2.74. The lowest BCUT2D eigenvalue weighted by Crippen LogP contribution is -2.36. The Bertz CT molecular complexity index is 807. The smallest absolute Gasteiger partial charge is 0.293 e. The van der Waals surface area contributed by atoms with E-state index in [-0.39, 0.29) is 17.2 Å². The molecule has 2 aromatic rings. The van der Waals surface area contributed by atoms with Crippen molar-refractivity contribution < 1.29 is 19.2 Å². The lowest BCUT2D eigenvalue weighted by atomic mass is 10.1. The second-order valence-corrected chi connectivity index (χ2v) is 6.33. The Morgan fingerprint density at radius 3 is 2.64 bits per heavy atom. The molecule has 0 aromatic heterocycles. The van der Waals surface area contributed by atoms with Crippen molar-refractivity contribution in [2.24, 2.45) is 0 Å². The zero-order valence-electron chi connectivity index (χ0n) is 15.5. The van der Waals surface area contributed by atoms with Crippen LogP contribution in [-0.2, 0) is 4.74 Å². The number of carbonyl (C=O) groups is 1. The quantitative estimate of drug-likeness (QED) is 0.426. The third-order valence-corrected chi connectivity index (χ3v) is 4.40. The molecule has 1 aliphatic rings. The first-order valence-electron chi connectivity index (χ1n) is 9.22. The predicted molar refractivity (Wildman–Crippen MR) is 105 cm³/mol. The van der Waals surface area contributed by atoms with E-state index >= 15 is 0 Å². The number of nitrogens with zero attached hydrogens (tertiary/aromatic N) is 2. The van der Waals surface area contributed by atoms with Gasteiger partial charge in [0, 0.05) is 31.3 Å². The molecule has 28 heavy (non-hydrogen) atoms. The molecule has 2 aromatic carbocycles. The number of nitro benzene ring substituents is 1. The van der Waals surface area contributed by atoms with Crippen molar-refractivity contribution in [3.8, 4) is 5.75 Å². The average molecular weight is 385 g/mol. The number of ether oxygens (including phenoxy) is 2. The Balaban J connectivity index is 1.54. The van der Waals surface area contributed by atoms with E-state index in [1.54, 1.807) is 12.1 Å². The van der Waals surface area contributed by atoms with Crippen molar-refractivity contribution in [1.82, 2.24) is 5.32 Å². The molecule has 3 rings (SSSR count). The summed E-state index contributed by atoms with van der Waals surface area (Å²) in [7, 11) is 0. The molecule has 0 aliphatic carbocycles. The van der Waals surface area contributed by atoms with Gasteiger partial charge in [0.2, 0.25) is 0 Å². The largest absolute Gasteiger partial charge is 0.494 e. The van der Waals surface area contributed by atoms with E-state index in [0.717, 1.165) is 5.75 Å². The van der Waals surface area contributed by atoms with Gasteiger partial charge in [0.25, 0.3) is 11.6 Å². The number of hydrogen-bond acceptors (Lipinski definition) is 6. The molecule has 1 amide bonds. The van der Waals surface area contributed by atoms with E-state index in [4.69, 9.17) is 9.47 Å². The first kappa shape index (κ1) is 19.6. The summed E-state index contributed by atoms with van der Waals surface area (Å²) in [6.07, 6.45) is 0.634. The van der Waals surface area contributed by atoms with Crippen molar-refractivity contribution >= 4 is 17.3 Å². The summed E-state index contributed by atoms with van der Waals surface area (Å²) in [6.45, 7) is 3.14. The topological polar surface area (TPSA) is 93.9 Å². The number of para-hydroxylation sites is 1. The van der Waals surface area contributed by atoms with Gasteiger partial charge in [-0.2, -0.15) is 0 Å². The standard InChI is InChI=1S/C20H23N3O5/c24-20(21-9-4-12-28-17-5-2-1-3-6-17)16-7-8-18(19(15-16)23(25)26)22-10-13-27-14-11-22/h1-3,5-8,15H,4,9-14H2,(H,21,24). The van der Waals surface area contributed by atoms with E-state index in [1.165, 1.54) is 6.07 Å². The molecule has 1 aliphatic heterocycles. The third-order valence-electron chi connectivity index (χ3n) is 4.40. The number of nitro groups is 1. The van der Waals surface area contributed by atoms with Crippen molar-refractivity contribution in [3.05, 3.63) is 64.2 Å². The van der Waals surface area contributed by atoms with Crippen LogP contribution < -0.4 is 15.0 Å². The van der Waals surface area contributed by atoms with Gasteiger partial charge in [0.1, 0.15) is 11.4 Å². The molecule has 148 valence electrons. The summed E-state index contributed by atoms with van der Waals surface area (Å²) < 4.78 is 10.9. The van der Waals surface area contributed by atoms with Gasteiger partial charge in [-0.15, -0.1) is 0 Å². The van der Waals surface area contributed by atoms with Gasteiger partial charge in [-0.3, -0.25) is 14.9 Å². The highest BCUT2D eigenvalue weighted by Crippen LogP contribution is 2.29. The van der Waals surface area contributed by atoms with Crippen molar-refractivity contribution in [2.75, 3.05) is 44.4 Å².